The van der Waals surface area contributed by atoms with Crippen LogP contribution in [0.3, 0.4) is 0 Å². The molecule has 0 unspecified atom stereocenters. The van der Waals surface area contributed by atoms with Crippen molar-refractivity contribution in [2.75, 3.05) is 61.4 Å². The zero-order chi connectivity index (χ0) is 22.9. The number of pyridine rings is 1. The van der Waals surface area contributed by atoms with Gasteiger partial charge >= 0.3 is 0 Å². The number of benzene rings is 1. The van der Waals surface area contributed by atoms with Crippen molar-refractivity contribution >= 4 is 28.5 Å². The summed E-state index contributed by atoms with van der Waals surface area (Å²) in [6.07, 6.45) is 7.48. The van der Waals surface area contributed by atoms with Crippen molar-refractivity contribution in [1.29, 1.82) is 0 Å². The molecule has 1 aromatic carbocycles. The van der Waals surface area contributed by atoms with Gasteiger partial charge in [0.05, 0.1) is 11.4 Å². The van der Waals surface area contributed by atoms with Crippen molar-refractivity contribution in [3.8, 4) is 17.1 Å². The van der Waals surface area contributed by atoms with Gasteiger partial charge in [0.25, 0.3) is 0 Å². The summed E-state index contributed by atoms with van der Waals surface area (Å²) >= 11 is 0. The lowest BCUT2D eigenvalue weighted by Gasteiger charge is -2.35. The first-order valence-corrected chi connectivity index (χ1v) is 11.8. The molecule has 4 aromatic rings. The maximum Gasteiger partial charge on any atom is 0.237 e. The van der Waals surface area contributed by atoms with Crippen LogP contribution in [-0.4, -0.2) is 70.1 Å². The number of hydrogen-bond donors (Lipinski definition) is 2. The Morgan fingerprint density at radius 3 is 2.76 bits per heavy atom. The average molecular weight is 457 g/mol. The van der Waals surface area contributed by atoms with Crippen LogP contribution in [-0.2, 0) is 0 Å². The second-order valence-electron chi connectivity index (χ2n) is 8.58. The number of piperazine rings is 1. The zero-order valence-electron chi connectivity index (χ0n) is 19.2. The Hall–Kier alpha value is -3.85. The van der Waals surface area contributed by atoms with E-state index < -0.39 is 0 Å². The molecule has 9 heteroatoms. The van der Waals surface area contributed by atoms with E-state index in [0.717, 1.165) is 67.5 Å². The molecule has 6 rings (SSSR count). The maximum absolute atomic E-state index is 5.61. The highest BCUT2D eigenvalue weighted by Crippen LogP contribution is 2.31. The number of hydrogen-bond acceptors (Lipinski definition) is 8. The molecule has 0 spiro atoms. The Morgan fingerprint density at radius 2 is 1.94 bits per heavy atom. The van der Waals surface area contributed by atoms with Gasteiger partial charge in [0, 0.05) is 74.4 Å². The largest absolute Gasteiger partial charge is 0.474 e. The summed E-state index contributed by atoms with van der Waals surface area (Å²) in [7, 11) is 0. The number of likely N-dealkylation sites (N-methyl/N-ethyl adjacent to an activating group) is 1. The Morgan fingerprint density at radius 1 is 1.09 bits per heavy atom. The van der Waals surface area contributed by atoms with Gasteiger partial charge in [0.15, 0.2) is 11.5 Å². The SMILES string of the molecule is CCN1CCN(c2ccc(Nc3nc(-c4cnc5c(c4)NCCO5)cn4ccnc34)cc2)CC1. The highest BCUT2D eigenvalue weighted by Gasteiger charge is 2.17. The Balaban J connectivity index is 1.26. The molecular weight excluding hydrogens is 428 g/mol. The summed E-state index contributed by atoms with van der Waals surface area (Å²) in [6.45, 7) is 9.10. The van der Waals surface area contributed by atoms with Gasteiger partial charge in [0.1, 0.15) is 6.61 Å². The summed E-state index contributed by atoms with van der Waals surface area (Å²) < 4.78 is 7.59. The van der Waals surface area contributed by atoms with Gasteiger partial charge in [-0.25, -0.2) is 15.0 Å². The first-order chi connectivity index (χ1) is 16.8. The van der Waals surface area contributed by atoms with Gasteiger partial charge < -0.3 is 29.6 Å². The number of rotatable bonds is 5. The first-order valence-electron chi connectivity index (χ1n) is 11.8. The van der Waals surface area contributed by atoms with E-state index in [1.54, 1.807) is 12.4 Å². The fraction of sp³-hybridized carbons (Fsp3) is 0.320. The summed E-state index contributed by atoms with van der Waals surface area (Å²) in [5, 5.41) is 6.81. The Kier molecular flexibility index (Phi) is 5.38. The van der Waals surface area contributed by atoms with Gasteiger partial charge in [-0.1, -0.05) is 6.92 Å². The topological polar surface area (TPSA) is 82.8 Å². The molecule has 0 bridgehead atoms. The van der Waals surface area contributed by atoms with Crippen LogP contribution in [0, 0.1) is 0 Å². The quantitative estimate of drug-likeness (QED) is 0.472. The van der Waals surface area contributed by atoms with Crippen LogP contribution >= 0.6 is 0 Å². The van der Waals surface area contributed by atoms with E-state index in [4.69, 9.17) is 9.72 Å². The smallest absolute Gasteiger partial charge is 0.237 e. The lowest BCUT2D eigenvalue weighted by molar-refractivity contribution is 0.271. The van der Waals surface area contributed by atoms with Gasteiger partial charge in [-0.15, -0.1) is 0 Å². The fourth-order valence-corrected chi connectivity index (χ4v) is 4.54. The van der Waals surface area contributed by atoms with Crippen molar-refractivity contribution in [3.05, 3.63) is 55.1 Å². The third kappa shape index (κ3) is 3.99. The molecule has 34 heavy (non-hydrogen) atoms. The highest BCUT2D eigenvalue weighted by atomic mass is 16.5. The van der Waals surface area contributed by atoms with Crippen LogP contribution < -0.4 is 20.3 Å². The van der Waals surface area contributed by atoms with E-state index in [-0.39, 0.29) is 0 Å². The van der Waals surface area contributed by atoms with Gasteiger partial charge in [0.2, 0.25) is 5.88 Å². The number of aromatic nitrogens is 4. The molecule has 9 nitrogen and oxygen atoms in total. The van der Waals surface area contributed by atoms with Crippen molar-refractivity contribution in [2.45, 2.75) is 6.92 Å². The molecule has 174 valence electrons. The van der Waals surface area contributed by atoms with E-state index in [1.165, 1.54) is 5.69 Å². The van der Waals surface area contributed by atoms with Crippen molar-refractivity contribution in [1.82, 2.24) is 24.3 Å². The van der Waals surface area contributed by atoms with Crippen molar-refractivity contribution in [2.24, 2.45) is 0 Å². The molecular formula is C25H28N8O. The van der Waals surface area contributed by atoms with E-state index in [9.17, 15) is 0 Å². The van der Waals surface area contributed by atoms with Crippen molar-refractivity contribution < 1.29 is 4.74 Å². The first kappa shape index (κ1) is 20.7. The maximum atomic E-state index is 5.61. The van der Waals surface area contributed by atoms with Gasteiger partial charge in [-0.05, 0) is 36.9 Å². The monoisotopic (exact) mass is 456 g/mol. The summed E-state index contributed by atoms with van der Waals surface area (Å²) in [5.74, 6) is 1.34. The van der Waals surface area contributed by atoms with E-state index in [0.29, 0.717) is 18.3 Å². The van der Waals surface area contributed by atoms with Crippen LogP contribution in [0.1, 0.15) is 6.92 Å². The average Bonchev–Trinajstić information content (AvgIpc) is 3.38. The number of fused-ring (bicyclic) bond motifs is 2. The van der Waals surface area contributed by atoms with Gasteiger partial charge in [-0.2, -0.15) is 0 Å². The molecule has 0 amide bonds. The Labute approximate surface area is 198 Å². The third-order valence-corrected chi connectivity index (χ3v) is 6.49. The second kappa shape index (κ2) is 8.83. The predicted octanol–water partition coefficient (Wildman–Crippen LogP) is 3.48. The standard InChI is InChI=1S/C25H28N8O/c1-2-31-10-12-32(13-11-31)20-5-3-19(4-6-20)29-23-24-27-7-9-33(24)17-22(30-23)18-15-21-25(28-16-18)34-14-8-26-21/h3-7,9,15-17,26H,2,8,10-14H2,1H3,(H,29,30). The fourth-order valence-electron chi connectivity index (χ4n) is 4.54. The second-order valence-corrected chi connectivity index (χ2v) is 8.58. The van der Waals surface area contributed by atoms with Crippen LogP contribution in [0.4, 0.5) is 22.9 Å². The summed E-state index contributed by atoms with van der Waals surface area (Å²) in [5.41, 5.74) is 5.61. The number of ether oxygens (including phenoxy) is 1. The van der Waals surface area contributed by atoms with Crippen LogP contribution in [0.2, 0.25) is 0 Å². The number of nitrogens with one attached hydrogen (secondary N) is 2. The molecule has 0 saturated carbocycles. The van der Waals surface area contributed by atoms with E-state index in [1.807, 2.05) is 22.9 Å². The third-order valence-electron chi connectivity index (χ3n) is 6.49. The molecule has 0 radical (unpaired) electrons. The highest BCUT2D eigenvalue weighted by molar-refractivity contribution is 5.75. The molecule has 1 saturated heterocycles. The van der Waals surface area contributed by atoms with E-state index >= 15 is 0 Å². The molecule has 3 aromatic heterocycles. The molecule has 1 fully saturated rings. The van der Waals surface area contributed by atoms with Crippen LogP contribution in [0.15, 0.2) is 55.1 Å². The predicted molar refractivity (Wildman–Crippen MR) is 134 cm³/mol. The molecule has 5 heterocycles. The van der Waals surface area contributed by atoms with Gasteiger partial charge in [-0.3, -0.25) is 0 Å². The lowest BCUT2D eigenvalue weighted by atomic mass is 10.2. The van der Waals surface area contributed by atoms with Crippen LogP contribution in [0.5, 0.6) is 5.88 Å². The normalized spacial score (nSPS) is 16.1. The van der Waals surface area contributed by atoms with E-state index in [2.05, 4.69) is 61.6 Å². The molecule has 0 aliphatic carbocycles. The minimum Gasteiger partial charge on any atom is -0.474 e. The molecule has 2 N–H and O–H groups in total. The minimum atomic E-state index is 0.625. The molecule has 2 aliphatic rings. The summed E-state index contributed by atoms with van der Waals surface area (Å²) in [6, 6.07) is 10.6. The number of imidazole rings is 1. The molecule has 0 atom stereocenters. The molecule has 2 aliphatic heterocycles. The minimum absolute atomic E-state index is 0.625. The summed E-state index contributed by atoms with van der Waals surface area (Å²) in [4.78, 5) is 18.8. The lowest BCUT2D eigenvalue weighted by Crippen LogP contribution is -2.46. The number of anilines is 4. The number of nitrogens with zero attached hydrogens (tertiary/aromatic N) is 6. The van der Waals surface area contributed by atoms with Crippen LogP contribution in [0.25, 0.3) is 16.9 Å². The van der Waals surface area contributed by atoms with Crippen molar-refractivity contribution in [3.63, 3.8) is 0 Å². The zero-order valence-corrected chi connectivity index (χ0v) is 19.2. The Bertz CT molecular complexity index is 1290.